The molecule has 0 aliphatic heterocycles. The quantitative estimate of drug-likeness (QED) is 0.380. The highest BCUT2D eigenvalue weighted by atomic mass is 32.2. The Labute approximate surface area is 102 Å². The summed E-state index contributed by atoms with van der Waals surface area (Å²) in [7, 11) is 0. The summed E-state index contributed by atoms with van der Waals surface area (Å²) in [5.41, 5.74) is 0. The first-order chi connectivity index (χ1) is 7.41. The average molecular weight is 229 g/mol. The molecule has 0 spiro atoms. The minimum Gasteiger partial charge on any atom is -0.157 e. The Morgan fingerprint density at radius 3 is 1.93 bits per heavy atom. The molecule has 0 aromatic rings. The molecule has 0 aromatic carbocycles. The van der Waals surface area contributed by atoms with Crippen molar-refractivity contribution in [3.05, 3.63) is 5.75 Å². The molecule has 91 valence electrons. The minimum atomic E-state index is 1.28. The maximum atomic E-state index is 2.38. The second-order valence-electron chi connectivity index (χ2n) is 4.30. The molecule has 0 heterocycles. The van der Waals surface area contributed by atoms with Crippen molar-refractivity contribution < 1.29 is 0 Å². The van der Waals surface area contributed by atoms with E-state index in [1.54, 1.807) is 0 Å². The third-order valence-electron chi connectivity index (χ3n) is 2.64. The van der Waals surface area contributed by atoms with Gasteiger partial charge in [0, 0.05) is 5.75 Å². The van der Waals surface area contributed by atoms with Gasteiger partial charge in [0.15, 0.2) is 0 Å². The van der Waals surface area contributed by atoms with E-state index in [0.29, 0.717) is 0 Å². The summed E-state index contributed by atoms with van der Waals surface area (Å²) in [6, 6.07) is 0. The van der Waals surface area contributed by atoms with E-state index in [9.17, 15) is 0 Å². The second-order valence-corrected chi connectivity index (χ2v) is 5.38. The molecule has 0 fully saturated rings. The van der Waals surface area contributed by atoms with Crippen molar-refractivity contribution in [1.29, 1.82) is 0 Å². The van der Waals surface area contributed by atoms with Crippen molar-refractivity contribution in [1.82, 2.24) is 0 Å². The predicted octanol–water partition coefficient (Wildman–Crippen LogP) is 5.82. The van der Waals surface area contributed by atoms with Crippen molar-refractivity contribution in [2.75, 3.05) is 5.75 Å². The average Bonchev–Trinajstić information content (AvgIpc) is 2.26. The smallest absolute Gasteiger partial charge is 0.0166 e. The van der Waals surface area contributed by atoms with Crippen molar-refractivity contribution in [2.24, 2.45) is 0 Å². The van der Waals surface area contributed by atoms with E-state index in [2.05, 4.69) is 19.6 Å². The minimum absolute atomic E-state index is 1.28. The molecule has 0 aliphatic carbocycles. The molecule has 0 N–H and O–H groups in total. The number of thioether (sulfide) groups is 1. The highest BCUT2D eigenvalue weighted by Gasteiger charge is 1.92. The van der Waals surface area contributed by atoms with E-state index >= 15 is 0 Å². The summed E-state index contributed by atoms with van der Waals surface area (Å²) in [5, 5.41) is 0. The molecule has 0 unspecified atom stereocenters. The zero-order chi connectivity index (χ0) is 11.2. The van der Waals surface area contributed by atoms with Gasteiger partial charge in [0.2, 0.25) is 0 Å². The molecule has 0 saturated carbocycles. The topological polar surface area (TPSA) is 0 Å². The Morgan fingerprint density at radius 2 is 1.33 bits per heavy atom. The number of rotatable bonds is 12. The van der Waals surface area contributed by atoms with Gasteiger partial charge in [0.25, 0.3) is 0 Å². The largest absolute Gasteiger partial charge is 0.157 e. The zero-order valence-electron chi connectivity index (χ0n) is 10.8. The Bertz CT molecular complexity index is 89.5. The van der Waals surface area contributed by atoms with Crippen LogP contribution in [0.25, 0.3) is 0 Å². The molecule has 0 atom stereocenters. The van der Waals surface area contributed by atoms with Gasteiger partial charge < -0.3 is 0 Å². The lowest BCUT2D eigenvalue weighted by Gasteiger charge is -2.01. The van der Waals surface area contributed by atoms with Crippen molar-refractivity contribution >= 4 is 11.8 Å². The lowest BCUT2D eigenvalue weighted by Crippen LogP contribution is -1.83. The van der Waals surface area contributed by atoms with Crippen LogP contribution in [0.15, 0.2) is 0 Å². The Morgan fingerprint density at radius 1 is 0.733 bits per heavy atom. The van der Waals surface area contributed by atoms with Gasteiger partial charge >= 0.3 is 0 Å². The van der Waals surface area contributed by atoms with E-state index in [-0.39, 0.29) is 0 Å². The fourth-order valence-corrected chi connectivity index (χ4v) is 2.54. The van der Waals surface area contributed by atoms with Gasteiger partial charge in [-0.2, -0.15) is 11.8 Å². The van der Waals surface area contributed by atoms with Gasteiger partial charge in [0.1, 0.15) is 0 Å². The Hall–Kier alpha value is 0.350. The number of hydrogen-bond donors (Lipinski definition) is 0. The van der Waals surface area contributed by atoms with Crippen LogP contribution < -0.4 is 0 Å². The second kappa shape index (κ2) is 14.3. The SMILES string of the molecule is CCC[CH]SCCCCCCCCCC. The number of hydrogen-bond acceptors (Lipinski definition) is 1. The summed E-state index contributed by atoms with van der Waals surface area (Å²) in [6.45, 7) is 4.53. The summed E-state index contributed by atoms with van der Waals surface area (Å²) in [6.07, 6.45) is 14.1. The van der Waals surface area contributed by atoms with Crippen LogP contribution in [-0.4, -0.2) is 5.75 Å². The van der Waals surface area contributed by atoms with Crippen LogP contribution in [0.2, 0.25) is 0 Å². The molecule has 0 nitrogen and oxygen atoms in total. The molecule has 1 heteroatoms. The van der Waals surface area contributed by atoms with Gasteiger partial charge in [0.05, 0.1) is 0 Å². The first-order valence-corrected chi connectivity index (χ1v) is 7.90. The highest BCUT2D eigenvalue weighted by molar-refractivity contribution is 8.01. The third kappa shape index (κ3) is 14.4. The summed E-state index contributed by atoms with van der Waals surface area (Å²) in [4.78, 5) is 0. The van der Waals surface area contributed by atoms with Gasteiger partial charge in [-0.1, -0.05) is 65.2 Å². The van der Waals surface area contributed by atoms with Crippen LogP contribution in [-0.2, 0) is 0 Å². The molecule has 0 aromatic heterocycles. The van der Waals surface area contributed by atoms with Crippen molar-refractivity contribution in [3.63, 3.8) is 0 Å². The summed E-state index contributed by atoms with van der Waals surface area (Å²) in [5.74, 6) is 3.72. The Balaban J connectivity index is 2.81. The van der Waals surface area contributed by atoms with Gasteiger partial charge in [-0.15, -0.1) is 0 Å². The molecule has 0 aliphatic rings. The summed E-state index contributed by atoms with van der Waals surface area (Å²) >= 11 is 2.02. The fraction of sp³-hybridized carbons (Fsp3) is 0.929. The first-order valence-electron chi connectivity index (χ1n) is 6.85. The molecular weight excluding hydrogens is 200 g/mol. The molecule has 1 radical (unpaired) electrons. The van der Waals surface area contributed by atoms with Crippen LogP contribution >= 0.6 is 11.8 Å². The maximum absolute atomic E-state index is 2.38. The van der Waals surface area contributed by atoms with Gasteiger partial charge in [-0.3, -0.25) is 0 Å². The summed E-state index contributed by atoms with van der Waals surface area (Å²) < 4.78 is 0. The normalized spacial score (nSPS) is 10.8. The monoisotopic (exact) mass is 229 g/mol. The van der Waals surface area contributed by atoms with Crippen LogP contribution in [0.4, 0.5) is 0 Å². The lowest BCUT2D eigenvalue weighted by atomic mass is 10.1. The third-order valence-corrected chi connectivity index (χ3v) is 3.64. The molecular formula is C14H29S. The van der Waals surface area contributed by atoms with Gasteiger partial charge in [-0.05, 0) is 18.6 Å². The standard InChI is InChI=1S/C14H29S/c1-3-5-7-8-9-10-11-12-14-15-13-6-4-2/h13H,3-12,14H2,1-2H3. The Kier molecular flexibility index (Phi) is 14.7. The van der Waals surface area contributed by atoms with E-state index in [1.165, 1.54) is 70.0 Å². The molecule has 0 amide bonds. The van der Waals surface area contributed by atoms with E-state index in [1.807, 2.05) is 11.8 Å². The lowest BCUT2D eigenvalue weighted by molar-refractivity contribution is 0.586. The van der Waals surface area contributed by atoms with Crippen LogP contribution in [0.5, 0.6) is 0 Å². The number of unbranched alkanes of at least 4 members (excludes halogenated alkanes) is 8. The van der Waals surface area contributed by atoms with Crippen LogP contribution in [0.1, 0.15) is 78.1 Å². The molecule has 0 bridgehead atoms. The molecule has 0 rings (SSSR count). The van der Waals surface area contributed by atoms with Crippen LogP contribution in [0.3, 0.4) is 0 Å². The molecule has 0 saturated heterocycles. The van der Waals surface area contributed by atoms with E-state index in [0.717, 1.165) is 0 Å². The van der Waals surface area contributed by atoms with Crippen molar-refractivity contribution in [3.8, 4) is 0 Å². The van der Waals surface area contributed by atoms with Gasteiger partial charge in [-0.25, -0.2) is 0 Å². The van der Waals surface area contributed by atoms with Crippen molar-refractivity contribution in [2.45, 2.75) is 78.1 Å². The molecule has 15 heavy (non-hydrogen) atoms. The fourth-order valence-electron chi connectivity index (χ4n) is 1.60. The predicted molar refractivity (Wildman–Crippen MR) is 74.3 cm³/mol. The first kappa shape index (κ1) is 15.3. The zero-order valence-corrected chi connectivity index (χ0v) is 11.6. The van der Waals surface area contributed by atoms with E-state index < -0.39 is 0 Å². The van der Waals surface area contributed by atoms with E-state index in [4.69, 9.17) is 0 Å². The maximum Gasteiger partial charge on any atom is 0.0166 e. The highest BCUT2D eigenvalue weighted by Crippen LogP contribution is 2.14. The van der Waals surface area contributed by atoms with Crippen LogP contribution in [0, 0.1) is 5.75 Å².